The average Bonchev–Trinajstić information content (AvgIpc) is 2.39. The second-order valence-corrected chi connectivity index (χ2v) is 3.68. The SMILES string of the molecule is COc1cc(C#Cc2ccc(O)cc2)ccc1O. The van der Waals surface area contributed by atoms with Crippen LogP contribution in [0.25, 0.3) is 0 Å². The van der Waals surface area contributed by atoms with E-state index in [1.165, 1.54) is 7.11 Å². The summed E-state index contributed by atoms with van der Waals surface area (Å²) in [7, 11) is 1.49. The van der Waals surface area contributed by atoms with Crippen LogP contribution in [0.5, 0.6) is 17.2 Å². The molecule has 0 fully saturated rings. The molecule has 3 nitrogen and oxygen atoms in total. The monoisotopic (exact) mass is 240 g/mol. The number of hydrogen-bond acceptors (Lipinski definition) is 3. The molecule has 0 spiro atoms. The van der Waals surface area contributed by atoms with E-state index in [0.29, 0.717) is 5.75 Å². The number of hydrogen-bond donors (Lipinski definition) is 2. The van der Waals surface area contributed by atoms with Gasteiger partial charge in [-0.05, 0) is 42.5 Å². The van der Waals surface area contributed by atoms with Crippen molar-refractivity contribution in [1.82, 2.24) is 0 Å². The minimum atomic E-state index is 0.0904. The van der Waals surface area contributed by atoms with Crippen LogP contribution in [0.2, 0.25) is 0 Å². The molecule has 2 rings (SSSR count). The van der Waals surface area contributed by atoms with Crippen LogP contribution < -0.4 is 4.74 Å². The fourth-order valence-electron chi connectivity index (χ4n) is 1.44. The first kappa shape index (κ1) is 11.9. The van der Waals surface area contributed by atoms with E-state index >= 15 is 0 Å². The smallest absolute Gasteiger partial charge is 0.161 e. The van der Waals surface area contributed by atoms with Crippen molar-refractivity contribution in [3.63, 3.8) is 0 Å². The molecule has 0 bridgehead atoms. The van der Waals surface area contributed by atoms with Gasteiger partial charge in [0.25, 0.3) is 0 Å². The number of methoxy groups -OCH3 is 1. The number of phenolic OH excluding ortho intramolecular Hbond substituents is 2. The highest BCUT2D eigenvalue weighted by atomic mass is 16.5. The lowest BCUT2D eigenvalue weighted by molar-refractivity contribution is 0.373. The fraction of sp³-hybridized carbons (Fsp3) is 0.0667. The Morgan fingerprint density at radius 2 is 1.50 bits per heavy atom. The van der Waals surface area contributed by atoms with Gasteiger partial charge in [0, 0.05) is 11.1 Å². The van der Waals surface area contributed by atoms with E-state index in [9.17, 15) is 5.11 Å². The van der Waals surface area contributed by atoms with Gasteiger partial charge in [0.05, 0.1) is 7.11 Å². The molecule has 0 amide bonds. The van der Waals surface area contributed by atoms with Crippen molar-refractivity contribution >= 4 is 0 Å². The third kappa shape index (κ3) is 2.74. The summed E-state index contributed by atoms with van der Waals surface area (Å²) >= 11 is 0. The zero-order chi connectivity index (χ0) is 13.0. The lowest BCUT2D eigenvalue weighted by Gasteiger charge is -2.02. The Hall–Kier alpha value is -2.60. The molecular formula is C15H12O3. The highest BCUT2D eigenvalue weighted by Gasteiger charge is 2.00. The summed E-state index contributed by atoms with van der Waals surface area (Å²) in [5.41, 5.74) is 1.55. The van der Waals surface area contributed by atoms with Crippen molar-refractivity contribution in [1.29, 1.82) is 0 Å². The van der Waals surface area contributed by atoms with Crippen molar-refractivity contribution in [2.24, 2.45) is 0 Å². The van der Waals surface area contributed by atoms with E-state index in [1.54, 1.807) is 42.5 Å². The van der Waals surface area contributed by atoms with Crippen LogP contribution in [-0.4, -0.2) is 17.3 Å². The molecule has 0 aliphatic heterocycles. The summed E-state index contributed by atoms with van der Waals surface area (Å²) in [6.07, 6.45) is 0. The molecule has 0 aromatic heterocycles. The summed E-state index contributed by atoms with van der Waals surface area (Å²) < 4.78 is 5.00. The first-order valence-corrected chi connectivity index (χ1v) is 5.37. The zero-order valence-electron chi connectivity index (χ0n) is 9.84. The topological polar surface area (TPSA) is 49.7 Å². The van der Waals surface area contributed by atoms with Gasteiger partial charge in [-0.25, -0.2) is 0 Å². The van der Waals surface area contributed by atoms with E-state index < -0.39 is 0 Å². The lowest BCUT2D eigenvalue weighted by Crippen LogP contribution is -1.84. The Kier molecular flexibility index (Phi) is 3.40. The minimum absolute atomic E-state index is 0.0904. The standard InChI is InChI=1S/C15H12O3/c1-18-15-10-12(6-9-14(15)17)3-2-11-4-7-13(16)8-5-11/h4-10,16-17H,1H3. The highest BCUT2D eigenvalue weighted by molar-refractivity contribution is 5.50. The molecule has 0 heterocycles. The minimum Gasteiger partial charge on any atom is -0.508 e. The van der Waals surface area contributed by atoms with Crippen LogP contribution in [0, 0.1) is 11.8 Å². The fourth-order valence-corrected chi connectivity index (χ4v) is 1.44. The van der Waals surface area contributed by atoms with Gasteiger partial charge in [0.2, 0.25) is 0 Å². The van der Waals surface area contributed by atoms with Gasteiger partial charge < -0.3 is 14.9 Å². The maximum Gasteiger partial charge on any atom is 0.161 e. The number of rotatable bonds is 1. The molecular weight excluding hydrogens is 228 g/mol. The van der Waals surface area contributed by atoms with Gasteiger partial charge in [-0.2, -0.15) is 0 Å². The summed E-state index contributed by atoms with van der Waals surface area (Å²) in [4.78, 5) is 0. The van der Waals surface area contributed by atoms with Crippen LogP contribution in [0.4, 0.5) is 0 Å². The quantitative estimate of drug-likeness (QED) is 0.753. The van der Waals surface area contributed by atoms with Crippen molar-refractivity contribution in [2.75, 3.05) is 7.11 Å². The summed E-state index contributed by atoms with van der Waals surface area (Å²) in [5.74, 6) is 6.62. The molecule has 90 valence electrons. The summed E-state index contributed by atoms with van der Waals surface area (Å²) in [6, 6.07) is 11.6. The van der Waals surface area contributed by atoms with Gasteiger partial charge in [-0.3, -0.25) is 0 Å². The van der Waals surface area contributed by atoms with Crippen molar-refractivity contribution in [3.8, 4) is 29.1 Å². The third-order valence-electron chi connectivity index (χ3n) is 2.40. The highest BCUT2D eigenvalue weighted by Crippen LogP contribution is 2.25. The van der Waals surface area contributed by atoms with Crippen LogP contribution in [0.15, 0.2) is 42.5 Å². The van der Waals surface area contributed by atoms with Crippen molar-refractivity contribution in [2.45, 2.75) is 0 Å². The Labute approximate surface area is 105 Å². The number of phenols is 2. The summed E-state index contributed by atoms with van der Waals surface area (Å²) in [6.45, 7) is 0. The molecule has 0 radical (unpaired) electrons. The van der Waals surface area contributed by atoms with Gasteiger partial charge in [-0.15, -0.1) is 0 Å². The first-order valence-electron chi connectivity index (χ1n) is 5.37. The van der Waals surface area contributed by atoms with E-state index in [2.05, 4.69) is 11.8 Å². The van der Waals surface area contributed by atoms with Gasteiger partial charge >= 0.3 is 0 Å². The molecule has 0 saturated heterocycles. The van der Waals surface area contributed by atoms with E-state index in [4.69, 9.17) is 9.84 Å². The number of benzene rings is 2. The Balaban J connectivity index is 2.27. The first-order chi connectivity index (χ1) is 8.69. The largest absolute Gasteiger partial charge is 0.508 e. The van der Waals surface area contributed by atoms with Crippen LogP contribution in [0.1, 0.15) is 11.1 Å². The normalized spacial score (nSPS) is 9.39. The maximum absolute atomic E-state index is 9.45. The molecule has 0 aliphatic carbocycles. The van der Waals surface area contributed by atoms with Crippen molar-refractivity contribution in [3.05, 3.63) is 53.6 Å². The van der Waals surface area contributed by atoms with E-state index in [-0.39, 0.29) is 11.5 Å². The van der Waals surface area contributed by atoms with Gasteiger partial charge in [0.1, 0.15) is 5.75 Å². The molecule has 0 unspecified atom stereocenters. The molecule has 2 aromatic rings. The van der Waals surface area contributed by atoms with Crippen LogP contribution >= 0.6 is 0 Å². The Morgan fingerprint density at radius 3 is 2.17 bits per heavy atom. The van der Waals surface area contributed by atoms with Crippen LogP contribution in [0.3, 0.4) is 0 Å². The molecule has 0 saturated carbocycles. The molecule has 0 aliphatic rings. The molecule has 2 aromatic carbocycles. The summed E-state index contributed by atoms with van der Waals surface area (Å²) in [5, 5.41) is 18.6. The number of ether oxygens (including phenoxy) is 1. The Morgan fingerprint density at radius 1 is 0.889 bits per heavy atom. The maximum atomic E-state index is 9.45. The molecule has 0 atom stereocenters. The zero-order valence-corrected chi connectivity index (χ0v) is 9.84. The lowest BCUT2D eigenvalue weighted by atomic mass is 10.1. The van der Waals surface area contributed by atoms with Crippen LogP contribution in [-0.2, 0) is 0 Å². The van der Waals surface area contributed by atoms with Gasteiger partial charge in [-0.1, -0.05) is 11.8 Å². The predicted octanol–water partition coefficient (Wildman–Crippen LogP) is 2.51. The number of aromatic hydroxyl groups is 2. The third-order valence-corrected chi connectivity index (χ3v) is 2.40. The second-order valence-electron chi connectivity index (χ2n) is 3.68. The molecule has 18 heavy (non-hydrogen) atoms. The van der Waals surface area contributed by atoms with Crippen molar-refractivity contribution < 1.29 is 14.9 Å². The molecule has 2 N–H and O–H groups in total. The Bertz CT molecular complexity index is 604. The second kappa shape index (κ2) is 5.15. The van der Waals surface area contributed by atoms with E-state index in [1.807, 2.05) is 0 Å². The molecule has 3 heteroatoms. The average molecular weight is 240 g/mol. The predicted molar refractivity (Wildman–Crippen MR) is 68.7 cm³/mol. The van der Waals surface area contributed by atoms with Gasteiger partial charge in [0.15, 0.2) is 11.5 Å². The van der Waals surface area contributed by atoms with E-state index in [0.717, 1.165) is 11.1 Å².